The summed E-state index contributed by atoms with van der Waals surface area (Å²) in [4.78, 5) is 24.3. The second-order valence-electron chi connectivity index (χ2n) is 17.8. The molecule has 0 amide bonds. The van der Waals surface area contributed by atoms with Crippen LogP contribution in [-0.4, -0.2) is 55.2 Å². The molecule has 0 atom stereocenters. The number of esters is 2. The highest BCUT2D eigenvalue weighted by molar-refractivity contribution is 5.87. The molecule has 2 aliphatic rings. The van der Waals surface area contributed by atoms with Gasteiger partial charge < -0.3 is 24.4 Å². The molecule has 2 saturated carbocycles. The zero-order chi connectivity index (χ0) is 41.9. The number of ether oxygens (including phenoxy) is 3. The van der Waals surface area contributed by atoms with Crippen molar-refractivity contribution in [1.82, 2.24) is 0 Å². The lowest BCUT2D eigenvalue weighted by Gasteiger charge is -2.38. The summed E-state index contributed by atoms with van der Waals surface area (Å²) in [6, 6.07) is 13.6. The zero-order valence-corrected chi connectivity index (χ0v) is 36.6. The zero-order valence-electron chi connectivity index (χ0n) is 36.6. The Morgan fingerprint density at radius 3 is 1.69 bits per heavy atom. The van der Waals surface area contributed by atoms with Crippen LogP contribution in [0.2, 0.25) is 0 Å². The van der Waals surface area contributed by atoms with Gasteiger partial charge in [0.2, 0.25) is 0 Å². The maximum Gasteiger partial charge on any atom is 0.333 e. The summed E-state index contributed by atoms with van der Waals surface area (Å²) >= 11 is 0. The molecule has 4 rings (SSSR count). The number of unbranched alkanes of at least 4 members (excludes halogenated alkanes) is 2. The van der Waals surface area contributed by atoms with E-state index >= 15 is 0 Å². The highest BCUT2D eigenvalue weighted by Crippen LogP contribution is 2.45. The van der Waals surface area contributed by atoms with Crippen molar-refractivity contribution in [2.75, 3.05) is 33.0 Å². The van der Waals surface area contributed by atoms with E-state index in [4.69, 9.17) is 14.2 Å². The van der Waals surface area contributed by atoms with Gasteiger partial charge in [0, 0.05) is 16.6 Å². The van der Waals surface area contributed by atoms with Crippen LogP contribution in [0.5, 0.6) is 5.75 Å². The minimum absolute atomic E-state index is 0.112. The number of aliphatic hydroxyl groups excluding tert-OH is 2. The molecule has 0 bridgehead atoms. The number of aryl methyl sites for hydroxylation is 2. The molecule has 2 aromatic carbocycles. The highest BCUT2D eigenvalue weighted by atomic mass is 16.5. The average Bonchev–Trinajstić information content (AvgIpc) is 3.24. The minimum Gasteiger partial charge on any atom is -0.493 e. The summed E-state index contributed by atoms with van der Waals surface area (Å²) in [6.07, 6.45) is 21.1. The lowest BCUT2D eigenvalue weighted by atomic mass is 9.68. The van der Waals surface area contributed by atoms with Crippen LogP contribution < -0.4 is 4.74 Å². The van der Waals surface area contributed by atoms with Crippen molar-refractivity contribution in [3.8, 4) is 16.9 Å². The van der Waals surface area contributed by atoms with Crippen molar-refractivity contribution in [3.63, 3.8) is 0 Å². The SMILES string of the molecule is C=C(C)C(=O)OCCCc1cc(-c2ccc(C3CCC(C4CCC(CCCCC)CC4)CC3)cc2)cc(CCCOC(=O)C(=C)C)c1OCCC(CO)(CO)CCC. The van der Waals surface area contributed by atoms with Crippen molar-refractivity contribution < 1.29 is 34.0 Å². The monoisotopic (exact) mass is 801 g/mol. The molecule has 322 valence electrons. The Balaban J connectivity index is 1.51. The van der Waals surface area contributed by atoms with Crippen LogP contribution >= 0.6 is 0 Å². The summed E-state index contributed by atoms with van der Waals surface area (Å²) in [7, 11) is 0. The predicted octanol–water partition coefficient (Wildman–Crippen LogP) is 11.7. The van der Waals surface area contributed by atoms with Crippen LogP contribution in [0.4, 0.5) is 0 Å². The fraction of sp³-hybridized carbons (Fsp3) is 0.647. The molecule has 2 fully saturated rings. The molecule has 2 aliphatic carbocycles. The normalized spacial score (nSPS) is 19.7. The Morgan fingerprint density at radius 1 is 0.672 bits per heavy atom. The topological polar surface area (TPSA) is 102 Å². The molecule has 0 aliphatic heterocycles. The number of carbonyl (C=O) groups is 2. The Bertz CT molecular complexity index is 1520. The van der Waals surface area contributed by atoms with Gasteiger partial charge in [-0.1, -0.05) is 96.2 Å². The van der Waals surface area contributed by atoms with Gasteiger partial charge in [-0.2, -0.15) is 0 Å². The second-order valence-corrected chi connectivity index (χ2v) is 17.8. The van der Waals surface area contributed by atoms with Gasteiger partial charge in [0.25, 0.3) is 0 Å². The molecular formula is C51H76O7. The van der Waals surface area contributed by atoms with Crippen molar-refractivity contribution in [3.05, 3.63) is 77.4 Å². The number of aliphatic hydroxyl groups is 2. The van der Waals surface area contributed by atoms with Crippen LogP contribution in [0.3, 0.4) is 0 Å². The fourth-order valence-corrected chi connectivity index (χ4v) is 9.47. The van der Waals surface area contributed by atoms with Gasteiger partial charge in [0.05, 0.1) is 33.0 Å². The number of carbonyl (C=O) groups excluding carboxylic acids is 2. The fourth-order valence-electron chi connectivity index (χ4n) is 9.47. The number of benzene rings is 2. The third kappa shape index (κ3) is 14.4. The second kappa shape index (κ2) is 24.6. The summed E-state index contributed by atoms with van der Waals surface area (Å²) in [5.74, 6) is 3.38. The molecule has 0 radical (unpaired) electrons. The van der Waals surface area contributed by atoms with E-state index in [1.165, 1.54) is 82.6 Å². The first-order chi connectivity index (χ1) is 28.0. The molecule has 0 aromatic heterocycles. The molecular weight excluding hydrogens is 725 g/mol. The van der Waals surface area contributed by atoms with Gasteiger partial charge >= 0.3 is 11.9 Å². The van der Waals surface area contributed by atoms with Gasteiger partial charge in [-0.3, -0.25) is 0 Å². The lowest BCUT2D eigenvalue weighted by molar-refractivity contribution is -0.139. The Morgan fingerprint density at radius 2 is 1.21 bits per heavy atom. The maximum atomic E-state index is 12.1. The first-order valence-electron chi connectivity index (χ1n) is 22.8. The molecule has 0 saturated heterocycles. The summed E-state index contributed by atoms with van der Waals surface area (Å²) in [5, 5.41) is 20.4. The van der Waals surface area contributed by atoms with Crippen LogP contribution in [0.25, 0.3) is 11.1 Å². The van der Waals surface area contributed by atoms with Crippen molar-refractivity contribution in [2.24, 2.45) is 23.2 Å². The van der Waals surface area contributed by atoms with Crippen molar-refractivity contribution in [2.45, 2.75) is 156 Å². The van der Waals surface area contributed by atoms with Gasteiger partial charge in [0.15, 0.2) is 0 Å². The average molecular weight is 801 g/mol. The summed E-state index contributed by atoms with van der Waals surface area (Å²) in [6.45, 7) is 15.7. The van der Waals surface area contributed by atoms with Crippen molar-refractivity contribution >= 4 is 11.9 Å². The van der Waals surface area contributed by atoms with Gasteiger partial charge in [0.1, 0.15) is 5.75 Å². The van der Waals surface area contributed by atoms with Crippen LogP contribution in [0.15, 0.2) is 60.7 Å². The molecule has 2 aromatic rings. The molecule has 7 heteroatoms. The maximum absolute atomic E-state index is 12.1. The van der Waals surface area contributed by atoms with E-state index in [1.54, 1.807) is 13.8 Å². The summed E-state index contributed by atoms with van der Waals surface area (Å²) < 4.78 is 17.5. The first kappa shape index (κ1) is 47.3. The molecule has 0 unspecified atom stereocenters. The number of hydrogen-bond donors (Lipinski definition) is 2. The van der Waals surface area contributed by atoms with E-state index in [9.17, 15) is 19.8 Å². The van der Waals surface area contributed by atoms with E-state index in [1.807, 2.05) is 0 Å². The smallest absolute Gasteiger partial charge is 0.333 e. The Kier molecular flexibility index (Phi) is 20.1. The standard InChI is InChI=1S/C51H76O7/c1-7-9-10-13-39-16-18-40(19-17-39)41-20-22-42(23-21-41)43-24-26-44(27-25-43)47-33-45(14-11-30-57-49(54)37(3)4)48(56-32-29-51(35-52,36-53)28-8-2)46(34-47)15-12-31-58-50(55)38(5)6/h24-27,33-34,39-42,52-53H,3,5,7-23,28-32,35-36H2,1-2,4,6H3. The van der Waals surface area contributed by atoms with E-state index in [0.717, 1.165) is 52.2 Å². The molecule has 2 N–H and O–H groups in total. The molecule has 7 nitrogen and oxygen atoms in total. The van der Waals surface area contributed by atoms with Gasteiger partial charge in [-0.25, -0.2) is 9.59 Å². The van der Waals surface area contributed by atoms with E-state index in [0.29, 0.717) is 62.2 Å². The molecule has 58 heavy (non-hydrogen) atoms. The van der Waals surface area contributed by atoms with E-state index < -0.39 is 17.4 Å². The van der Waals surface area contributed by atoms with E-state index in [-0.39, 0.29) is 26.4 Å². The predicted molar refractivity (Wildman–Crippen MR) is 236 cm³/mol. The largest absolute Gasteiger partial charge is 0.493 e. The molecule has 0 heterocycles. The Hall–Kier alpha value is -3.42. The number of rotatable bonds is 25. The number of hydrogen-bond acceptors (Lipinski definition) is 7. The van der Waals surface area contributed by atoms with Crippen LogP contribution in [0.1, 0.15) is 159 Å². The van der Waals surface area contributed by atoms with E-state index in [2.05, 4.69) is 63.4 Å². The first-order valence-corrected chi connectivity index (χ1v) is 22.8. The Labute approximate surface area is 351 Å². The molecule has 0 spiro atoms. The summed E-state index contributed by atoms with van der Waals surface area (Å²) in [5.41, 5.74) is 5.79. The van der Waals surface area contributed by atoms with Crippen LogP contribution in [-0.2, 0) is 31.9 Å². The minimum atomic E-state index is -0.615. The highest BCUT2D eigenvalue weighted by Gasteiger charge is 2.32. The third-order valence-corrected chi connectivity index (χ3v) is 13.2. The van der Waals surface area contributed by atoms with Crippen LogP contribution in [0, 0.1) is 23.2 Å². The lowest BCUT2D eigenvalue weighted by Crippen LogP contribution is -2.31. The van der Waals surface area contributed by atoms with Gasteiger partial charge in [-0.15, -0.1) is 0 Å². The quantitative estimate of drug-likeness (QED) is 0.0585. The third-order valence-electron chi connectivity index (χ3n) is 13.2. The van der Waals surface area contributed by atoms with Crippen molar-refractivity contribution in [1.29, 1.82) is 0 Å². The van der Waals surface area contributed by atoms with Gasteiger partial charge in [-0.05, 0) is 155 Å².